The van der Waals surface area contributed by atoms with Crippen LogP contribution in [0.25, 0.3) is 22.6 Å². The molecular weight excluding hydrogens is 426 g/mol. The number of anilines is 2. The average Bonchev–Trinajstić information content (AvgIpc) is 3.09. The molecule has 0 saturated carbocycles. The Kier molecular flexibility index (Phi) is 5.82. The number of aromatic nitrogens is 3. The van der Waals surface area contributed by atoms with E-state index in [4.69, 9.17) is 0 Å². The summed E-state index contributed by atoms with van der Waals surface area (Å²) >= 11 is 0. The lowest BCUT2D eigenvalue weighted by molar-refractivity contribution is -0.112. The van der Waals surface area contributed by atoms with Gasteiger partial charge in [0.15, 0.2) is 5.65 Å². The quantitative estimate of drug-likeness (QED) is 0.389. The molecule has 0 aliphatic heterocycles. The highest BCUT2D eigenvalue weighted by atomic mass is 16.2. The van der Waals surface area contributed by atoms with Crippen molar-refractivity contribution in [1.82, 2.24) is 15.0 Å². The van der Waals surface area contributed by atoms with E-state index in [1.165, 1.54) is 0 Å². The summed E-state index contributed by atoms with van der Waals surface area (Å²) in [6.45, 7) is 0. The topological polar surface area (TPSA) is 99.8 Å². The summed E-state index contributed by atoms with van der Waals surface area (Å²) < 4.78 is 0. The SMILES string of the molecule is O=C(Nc1cnc2nc(-c3ccc(NC(=O)c4ccccc4)cc3)[nH]c2c1)C1=CCC=CC=C1. The molecule has 0 bridgehead atoms. The second-order valence-corrected chi connectivity index (χ2v) is 7.71. The largest absolute Gasteiger partial charge is 0.337 e. The van der Waals surface area contributed by atoms with Crippen molar-refractivity contribution in [3.63, 3.8) is 0 Å². The number of hydrogen-bond donors (Lipinski definition) is 3. The predicted octanol–water partition coefficient (Wildman–Crippen LogP) is 5.26. The molecule has 166 valence electrons. The Balaban J connectivity index is 1.30. The third-order valence-corrected chi connectivity index (χ3v) is 5.31. The lowest BCUT2D eigenvalue weighted by Gasteiger charge is -2.06. The Labute approximate surface area is 196 Å². The van der Waals surface area contributed by atoms with E-state index in [0.29, 0.717) is 45.9 Å². The van der Waals surface area contributed by atoms with E-state index in [0.717, 1.165) is 5.56 Å². The summed E-state index contributed by atoms with van der Waals surface area (Å²) in [6.07, 6.45) is 11.7. The van der Waals surface area contributed by atoms with Crippen LogP contribution in [0, 0.1) is 0 Å². The number of imidazole rings is 1. The zero-order valence-electron chi connectivity index (χ0n) is 18.2. The first kappa shape index (κ1) is 21.1. The van der Waals surface area contributed by atoms with Gasteiger partial charge in [-0.05, 0) is 55.0 Å². The molecule has 2 aromatic carbocycles. The maximum Gasteiger partial charge on any atom is 0.255 e. The van der Waals surface area contributed by atoms with Gasteiger partial charge in [0.1, 0.15) is 5.82 Å². The Morgan fingerprint density at radius 2 is 1.68 bits per heavy atom. The fourth-order valence-electron chi connectivity index (χ4n) is 3.56. The molecule has 1 aliphatic rings. The van der Waals surface area contributed by atoms with Crippen LogP contribution < -0.4 is 10.6 Å². The highest BCUT2D eigenvalue weighted by molar-refractivity contribution is 6.06. The molecule has 4 aromatic rings. The summed E-state index contributed by atoms with van der Waals surface area (Å²) in [5.74, 6) is 0.295. The molecule has 34 heavy (non-hydrogen) atoms. The molecule has 1 aliphatic carbocycles. The van der Waals surface area contributed by atoms with E-state index in [-0.39, 0.29) is 11.8 Å². The van der Waals surface area contributed by atoms with E-state index in [1.54, 1.807) is 24.4 Å². The van der Waals surface area contributed by atoms with Crippen molar-refractivity contribution in [3.05, 3.63) is 108 Å². The number of nitrogens with zero attached hydrogens (tertiary/aromatic N) is 2. The minimum Gasteiger partial charge on any atom is -0.337 e. The lowest BCUT2D eigenvalue weighted by atomic mass is 10.1. The van der Waals surface area contributed by atoms with Crippen molar-refractivity contribution in [2.75, 3.05) is 10.6 Å². The van der Waals surface area contributed by atoms with Gasteiger partial charge in [0, 0.05) is 22.4 Å². The summed E-state index contributed by atoms with van der Waals surface area (Å²) in [6, 6.07) is 18.3. The smallest absolute Gasteiger partial charge is 0.255 e. The van der Waals surface area contributed by atoms with E-state index in [1.807, 2.05) is 72.8 Å². The summed E-state index contributed by atoms with van der Waals surface area (Å²) in [4.78, 5) is 37.0. The Morgan fingerprint density at radius 3 is 2.50 bits per heavy atom. The standard InChI is InChI=1S/C27H21N5O2/c33-26(19-10-6-3-7-11-19)29-21-14-12-18(13-15-21)24-31-23-16-22(17-28-25(23)32-24)30-27(34)20-8-4-1-2-5-9-20/h1-4,6-17H,5H2,(H,29,33)(H,30,34)(H,28,31,32). The number of carbonyl (C=O) groups excluding carboxylic acids is 2. The number of pyridine rings is 1. The fourth-order valence-corrected chi connectivity index (χ4v) is 3.56. The molecule has 0 atom stereocenters. The van der Waals surface area contributed by atoms with Crippen LogP contribution in [0.3, 0.4) is 0 Å². The number of allylic oxidation sites excluding steroid dienone is 4. The second kappa shape index (κ2) is 9.38. The normalized spacial score (nSPS) is 12.8. The maximum atomic E-state index is 12.5. The third kappa shape index (κ3) is 4.68. The number of amides is 2. The molecule has 0 spiro atoms. The maximum absolute atomic E-state index is 12.5. The Bertz CT molecular complexity index is 1450. The average molecular weight is 447 g/mol. The lowest BCUT2D eigenvalue weighted by Crippen LogP contribution is -2.13. The van der Waals surface area contributed by atoms with Crippen LogP contribution in [0.15, 0.2) is 103 Å². The van der Waals surface area contributed by atoms with Crippen LogP contribution in [0.5, 0.6) is 0 Å². The number of fused-ring (bicyclic) bond motifs is 1. The highest BCUT2D eigenvalue weighted by Gasteiger charge is 2.11. The minimum atomic E-state index is -0.186. The van der Waals surface area contributed by atoms with Crippen molar-refractivity contribution < 1.29 is 9.59 Å². The monoisotopic (exact) mass is 447 g/mol. The van der Waals surface area contributed by atoms with E-state index < -0.39 is 0 Å². The van der Waals surface area contributed by atoms with Crippen LogP contribution in [-0.4, -0.2) is 26.8 Å². The number of nitrogens with one attached hydrogen (secondary N) is 3. The molecule has 0 fully saturated rings. The molecule has 7 heteroatoms. The third-order valence-electron chi connectivity index (χ3n) is 5.31. The van der Waals surface area contributed by atoms with Crippen LogP contribution in [-0.2, 0) is 4.79 Å². The Morgan fingerprint density at radius 1 is 0.882 bits per heavy atom. The highest BCUT2D eigenvalue weighted by Crippen LogP contribution is 2.23. The van der Waals surface area contributed by atoms with Crippen LogP contribution in [0.2, 0.25) is 0 Å². The van der Waals surface area contributed by atoms with Crippen molar-refractivity contribution >= 4 is 34.4 Å². The van der Waals surface area contributed by atoms with Crippen molar-refractivity contribution in [2.45, 2.75) is 6.42 Å². The van der Waals surface area contributed by atoms with Crippen molar-refractivity contribution in [2.24, 2.45) is 0 Å². The fraction of sp³-hybridized carbons (Fsp3) is 0.0370. The van der Waals surface area contributed by atoms with Gasteiger partial charge >= 0.3 is 0 Å². The van der Waals surface area contributed by atoms with Gasteiger partial charge in [-0.25, -0.2) is 9.97 Å². The Hall–Kier alpha value is -4.78. The molecule has 2 amide bonds. The number of rotatable bonds is 5. The van der Waals surface area contributed by atoms with Crippen molar-refractivity contribution in [1.29, 1.82) is 0 Å². The summed E-state index contributed by atoms with van der Waals surface area (Å²) in [5.41, 5.74) is 4.58. The molecule has 5 rings (SSSR count). The molecule has 7 nitrogen and oxygen atoms in total. The molecule has 0 saturated heterocycles. The molecule has 0 unspecified atom stereocenters. The van der Waals surface area contributed by atoms with Gasteiger partial charge in [0.2, 0.25) is 0 Å². The first-order valence-corrected chi connectivity index (χ1v) is 10.8. The van der Waals surface area contributed by atoms with Gasteiger partial charge in [-0.3, -0.25) is 9.59 Å². The van der Waals surface area contributed by atoms with Gasteiger partial charge in [-0.15, -0.1) is 0 Å². The first-order valence-electron chi connectivity index (χ1n) is 10.8. The number of hydrogen-bond acceptors (Lipinski definition) is 4. The zero-order chi connectivity index (χ0) is 23.3. The molecular formula is C27H21N5O2. The van der Waals surface area contributed by atoms with E-state index >= 15 is 0 Å². The predicted molar refractivity (Wildman–Crippen MR) is 133 cm³/mol. The van der Waals surface area contributed by atoms with Gasteiger partial charge in [-0.2, -0.15) is 0 Å². The molecule has 3 N–H and O–H groups in total. The number of H-pyrrole nitrogens is 1. The van der Waals surface area contributed by atoms with E-state index in [9.17, 15) is 9.59 Å². The zero-order valence-corrected chi connectivity index (χ0v) is 18.2. The van der Waals surface area contributed by atoms with E-state index in [2.05, 4.69) is 25.6 Å². The van der Waals surface area contributed by atoms with Gasteiger partial charge in [0.25, 0.3) is 11.8 Å². The van der Waals surface area contributed by atoms with Gasteiger partial charge < -0.3 is 15.6 Å². The van der Waals surface area contributed by atoms with Crippen LogP contribution in [0.4, 0.5) is 11.4 Å². The van der Waals surface area contributed by atoms with Crippen molar-refractivity contribution in [3.8, 4) is 11.4 Å². The second-order valence-electron chi connectivity index (χ2n) is 7.71. The number of benzene rings is 2. The minimum absolute atomic E-state index is 0.165. The first-order chi connectivity index (χ1) is 16.7. The van der Waals surface area contributed by atoms with Gasteiger partial charge in [0.05, 0.1) is 17.4 Å². The van der Waals surface area contributed by atoms with Crippen LogP contribution >= 0.6 is 0 Å². The van der Waals surface area contributed by atoms with Crippen LogP contribution in [0.1, 0.15) is 16.8 Å². The summed E-state index contributed by atoms with van der Waals surface area (Å²) in [7, 11) is 0. The number of carbonyl (C=O) groups is 2. The number of aromatic amines is 1. The van der Waals surface area contributed by atoms with Gasteiger partial charge in [-0.1, -0.05) is 42.5 Å². The molecule has 0 radical (unpaired) electrons. The molecule has 2 heterocycles. The summed E-state index contributed by atoms with van der Waals surface area (Å²) in [5, 5.41) is 5.77. The molecule has 2 aromatic heterocycles.